The number of fused-ring (bicyclic) bond motifs is 18. The van der Waals surface area contributed by atoms with Crippen LogP contribution in [0.2, 0.25) is 0 Å². The molecular formula is C115H71N9S2. The first-order valence-electron chi connectivity index (χ1n) is 42.5. The van der Waals surface area contributed by atoms with Gasteiger partial charge in [0.05, 0.1) is 55.5 Å². The van der Waals surface area contributed by atoms with E-state index in [4.69, 9.17) is 24.9 Å². The van der Waals surface area contributed by atoms with Crippen molar-refractivity contribution in [2.24, 2.45) is 0 Å². The zero-order chi connectivity index (χ0) is 82.9. The highest BCUT2D eigenvalue weighted by Gasteiger charge is 2.26. The smallest absolute Gasteiger partial charge is 0.165 e. The van der Waals surface area contributed by atoms with Crippen molar-refractivity contribution < 1.29 is 0 Å². The van der Waals surface area contributed by atoms with Gasteiger partial charge in [0.15, 0.2) is 23.3 Å². The summed E-state index contributed by atoms with van der Waals surface area (Å²) < 4.78 is 14.4. The lowest BCUT2D eigenvalue weighted by Gasteiger charge is -2.14. The monoisotopic (exact) mass is 1640 g/mol. The fraction of sp³-hybridized carbons (Fsp3) is 0. The molecule has 0 unspecified atom stereocenters. The van der Waals surface area contributed by atoms with Crippen molar-refractivity contribution in [2.75, 3.05) is 0 Å². The van der Waals surface area contributed by atoms with Crippen LogP contribution < -0.4 is 0 Å². The van der Waals surface area contributed by atoms with Crippen molar-refractivity contribution in [1.82, 2.24) is 43.2 Å². The summed E-state index contributed by atoms with van der Waals surface area (Å²) in [5.41, 5.74) is 26.4. The summed E-state index contributed by atoms with van der Waals surface area (Å²) in [4.78, 5) is 26.0. The summed E-state index contributed by atoms with van der Waals surface area (Å²) in [5.74, 6) is 2.64. The third kappa shape index (κ3) is 12.1. The topological polar surface area (TPSA) is 84.2 Å². The highest BCUT2D eigenvalue weighted by atomic mass is 32.1. The molecular weight excluding hydrogens is 1570 g/mol. The molecule has 8 aromatic heterocycles. The molecule has 0 amide bonds. The predicted molar refractivity (Wildman–Crippen MR) is 528 cm³/mol. The van der Waals surface area contributed by atoms with E-state index >= 15 is 0 Å². The molecule has 0 saturated heterocycles. The summed E-state index contributed by atoms with van der Waals surface area (Å²) in [6, 6.07) is 154. The minimum Gasteiger partial charge on any atom is -0.309 e. The first kappa shape index (κ1) is 72.5. The Bertz CT molecular complexity index is 8200. The van der Waals surface area contributed by atoms with E-state index in [1.54, 1.807) is 11.3 Å². The number of rotatable bonds is 12. The van der Waals surface area contributed by atoms with Gasteiger partial charge in [-0.3, -0.25) is 0 Å². The van der Waals surface area contributed by atoms with Gasteiger partial charge in [-0.15, -0.1) is 22.7 Å². The van der Waals surface area contributed by atoms with Crippen LogP contribution in [0.5, 0.6) is 0 Å². The zero-order valence-corrected chi connectivity index (χ0v) is 69.5. The van der Waals surface area contributed by atoms with E-state index in [0.717, 1.165) is 94.3 Å². The standard InChI is InChI=1S/C58H36N4S.C57H35N5S/c1-4-16-37(17-5-1)50-36-51(60-58(59-50)38-18-6-2-7-19-38)49-35-42(34-48-45-24-12-15-27-56(45)63-57(48)49)62-53-26-14-11-23-44(53)47-33-40(29-31-55(47)62)39-28-30-54-46(32-39)43-22-10-13-25-52(43)61(54)41-20-8-3-9-21-41;1-4-16-36(17-5-1)55-58-56(37-18-6-2-7-19-37)60-57(59-55)48-35-41(34-47-44-24-12-15-27-53(44)63-54(47)48)62-50-26-14-11-23-43(50)46-33-39(29-31-52(46)62)38-28-30-51-45(32-38)42-22-10-13-25-49(42)61(51)40-20-8-3-9-21-40/h1-36H;1-35H. The van der Waals surface area contributed by atoms with Crippen LogP contribution in [0.3, 0.4) is 0 Å². The van der Waals surface area contributed by atoms with Gasteiger partial charge in [0, 0.05) is 140 Å². The molecule has 11 heteroatoms. The van der Waals surface area contributed by atoms with Crippen LogP contribution in [0.1, 0.15) is 0 Å². The molecule has 0 bridgehead atoms. The lowest BCUT2D eigenvalue weighted by molar-refractivity contribution is 1.07. The number of hydrogen-bond donors (Lipinski definition) is 0. The average molecular weight is 1640 g/mol. The Morgan fingerprint density at radius 3 is 0.817 bits per heavy atom. The Balaban J connectivity index is 0.000000137. The van der Waals surface area contributed by atoms with Gasteiger partial charge in [-0.2, -0.15) is 0 Å². The molecule has 588 valence electrons. The maximum atomic E-state index is 5.36. The van der Waals surface area contributed by atoms with Gasteiger partial charge in [0.1, 0.15) is 0 Å². The number of hydrogen-bond acceptors (Lipinski definition) is 7. The van der Waals surface area contributed by atoms with Crippen LogP contribution in [0.25, 0.3) is 241 Å². The minimum atomic E-state index is 0.645. The van der Waals surface area contributed by atoms with E-state index in [9.17, 15) is 0 Å². The van der Waals surface area contributed by atoms with Crippen molar-refractivity contribution >= 4 is 150 Å². The van der Waals surface area contributed by atoms with Crippen molar-refractivity contribution in [1.29, 1.82) is 0 Å². The second-order valence-electron chi connectivity index (χ2n) is 32.2. The molecule has 26 aromatic rings. The van der Waals surface area contributed by atoms with Gasteiger partial charge in [-0.25, -0.2) is 24.9 Å². The summed E-state index contributed by atoms with van der Waals surface area (Å²) in [6.07, 6.45) is 0. The Labute approximate surface area is 731 Å². The first-order chi connectivity index (χ1) is 62.5. The molecule has 18 aromatic carbocycles. The minimum absolute atomic E-state index is 0.645. The largest absolute Gasteiger partial charge is 0.309 e. The summed E-state index contributed by atoms with van der Waals surface area (Å²) >= 11 is 3.62. The number of aromatic nitrogens is 9. The van der Waals surface area contributed by atoms with Crippen molar-refractivity contribution in [2.45, 2.75) is 0 Å². The number of para-hydroxylation sites is 6. The van der Waals surface area contributed by atoms with Gasteiger partial charge >= 0.3 is 0 Å². The highest BCUT2D eigenvalue weighted by Crippen LogP contribution is 2.48. The number of nitrogens with zero attached hydrogens (tertiary/aromatic N) is 9. The fourth-order valence-electron chi connectivity index (χ4n) is 19.1. The molecule has 8 heterocycles. The molecule has 0 aliphatic rings. The van der Waals surface area contributed by atoms with E-state index < -0.39 is 0 Å². The van der Waals surface area contributed by atoms with Crippen molar-refractivity contribution in [3.05, 3.63) is 431 Å². The fourth-order valence-corrected chi connectivity index (χ4v) is 21.5. The van der Waals surface area contributed by atoms with Crippen LogP contribution >= 0.6 is 22.7 Å². The molecule has 126 heavy (non-hydrogen) atoms. The van der Waals surface area contributed by atoms with Crippen LogP contribution in [-0.4, -0.2) is 43.2 Å². The average Bonchev–Trinajstić information content (AvgIpc) is 1.57. The molecule has 0 spiro atoms. The van der Waals surface area contributed by atoms with E-state index in [2.05, 4.69) is 400 Å². The van der Waals surface area contributed by atoms with E-state index in [1.807, 2.05) is 59.9 Å². The normalized spacial score (nSPS) is 11.8. The van der Waals surface area contributed by atoms with Crippen LogP contribution in [0, 0.1) is 0 Å². The summed E-state index contributed by atoms with van der Waals surface area (Å²) in [7, 11) is 0. The quantitative estimate of drug-likeness (QED) is 0.122. The lowest BCUT2D eigenvalue weighted by Crippen LogP contribution is -2.01. The molecule has 0 radical (unpaired) electrons. The summed E-state index contributed by atoms with van der Waals surface area (Å²) in [5, 5.41) is 14.7. The molecule has 0 N–H and O–H groups in total. The molecule has 9 nitrogen and oxygen atoms in total. The number of benzene rings is 18. The van der Waals surface area contributed by atoms with E-state index in [1.165, 1.54) is 123 Å². The maximum Gasteiger partial charge on any atom is 0.165 e. The van der Waals surface area contributed by atoms with Gasteiger partial charge in [-0.05, 0) is 162 Å². The van der Waals surface area contributed by atoms with E-state index in [0.29, 0.717) is 23.3 Å². The first-order valence-corrected chi connectivity index (χ1v) is 44.1. The SMILES string of the molecule is c1ccc(-c2cc(-c3cc(-n4c5ccccc5c5cc(-c6ccc7c(c6)c6ccccc6n7-c6ccccc6)ccc54)cc4c3sc3ccccc34)nc(-c3ccccc3)n2)cc1.c1ccc(-c2nc(-c3ccccc3)nc(-c3cc(-n4c5ccccc5c5cc(-c6ccc7c(c6)c6ccccc6n7-c6ccccc6)ccc54)cc4c3sc3ccccc34)n2)cc1. The Morgan fingerprint density at radius 2 is 0.437 bits per heavy atom. The number of thiophene rings is 2. The molecule has 0 saturated carbocycles. The molecule has 0 fully saturated rings. The lowest BCUT2D eigenvalue weighted by atomic mass is 10.0. The third-order valence-electron chi connectivity index (χ3n) is 24.9. The van der Waals surface area contributed by atoms with Crippen LogP contribution in [0.15, 0.2) is 431 Å². The molecule has 0 atom stereocenters. The van der Waals surface area contributed by atoms with Gasteiger partial charge in [0.25, 0.3) is 0 Å². The maximum absolute atomic E-state index is 5.36. The molecule has 26 rings (SSSR count). The second kappa shape index (κ2) is 29.8. The second-order valence-corrected chi connectivity index (χ2v) is 34.3. The van der Waals surface area contributed by atoms with Crippen LogP contribution in [0.4, 0.5) is 0 Å². The van der Waals surface area contributed by atoms with Crippen LogP contribution in [-0.2, 0) is 0 Å². The Morgan fingerprint density at radius 1 is 0.159 bits per heavy atom. The van der Waals surface area contributed by atoms with Gasteiger partial charge in [0.2, 0.25) is 0 Å². The van der Waals surface area contributed by atoms with Crippen molar-refractivity contribution in [3.63, 3.8) is 0 Å². The third-order valence-corrected chi connectivity index (χ3v) is 27.3. The Hall–Kier alpha value is -16.3. The summed E-state index contributed by atoms with van der Waals surface area (Å²) in [6.45, 7) is 0. The molecule has 0 aliphatic heterocycles. The molecule has 0 aliphatic carbocycles. The van der Waals surface area contributed by atoms with Crippen molar-refractivity contribution in [3.8, 4) is 113 Å². The van der Waals surface area contributed by atoms with E-state index in [-0.39, 0.29) is 0 Å². The predicted octanol–water partition coefficient (Wildman–Crippen LogP) is 30.8. The van der Waals surface area contributed by atoms with Gasteiger partial charge in [-0.1, -0.05) is 291 Å². The van der Waals surface area contributed by atoms with Gasteiger partial charge < -0.3 is 18.3 Å². The Kier molecular flexibility index (Phi) is 17.1. The zero-order valence-electron chi connectivity index (χ0n) is 67.8. The highest BCUT2D eigenvalue weighted by molar-refractivity contribution is 7.26.